The Morgan fingerprint density at radius 2 is 1.90 bits per heavy atom. The minimum atomic E-state index is -0.205. The quantitative estimate of drug-likeness (QED) is 0.565. The topological polar surface area (TPSA) is 118 Å². The number of hydrogen-bond donors (Lipinski definition) is 1. The van der Waals surface area contributed by atoms with Crippen LogP contribution in [-0.4, -0.2) is 26.7 Å². The molecule has 0 saturated heterocycles. The van der Waals surface area contributed by atoms with Crippen LogP contribution in [0.5, 0.6) is 11.5 Å². The Kier molecular flexibility index (Phi) is 3.98. The first-order chi connectivity index (χ1) is 14.2. The summed E-state index contributed by atoms with van der Waals surface area (Å²) >= 11 is 0. The van der Waals surface area contributed by atoms with Crippen LogP contribution in [0.3, 0.4) is 0 Å². The van der Waals surface area contributed by atoms with E-state index in [2.05, 4.69) is 15.2 Å². The highest BCUT2D eigenvalue weighted by Gasteiger charge is 2.15. The van der Waals surface area contributed by atoms with Crippen LogP contribution in [0.15, 0.2) is 63.9 Å². The van der Waals surface area contributed by atoms with E-state index in [1.165, 1.54) is 10.7 Å². The van der Waals surface area contributed by atoms with E-state index in [1.807, 2.05) is 42.5 Å². The smallest absolute Gasteiger partial charge is 0.319 e. The average molecular weight is 389 g/mol. The molecule has 0 atom stereocenters. The van der Waals surface area contributed by atoms with Crippen molar-refractivity contribution >= 4 is 6.01 Å². The lowest BCUT2D eigenvalue weighted by molar-refractivity contribution is 0.174. The van der Waals surface area contributed by atoms with E-state index >= 15 is 0 Å². The number of hydrogen-bond acceptors (Lipinski definition) is 8. The lowest BCUT2D eigenvalue weighted by atomic mass is 10.1. The molecule has 9 nitrogen and oxygen atoms in total. The Balaban J connectivity index is 1.46. The maximum absolute atomic E-state index is 12.4. The number of nitrogens with zero attached hydrogens (tertiary/aromatic N) is 4. The van der Waals surface area contributed by atoms with Crippen molar-refractivity contribution in [1.82, 2.24) is 19.9 Å². The Morgan fingerprint density at radius 3 is 2.76 bits per heavy atom. The largest absolute Gasteiger partial charge is 0.454 e. The number of ether oxygens (including phenoxy) is 2. The van der Waals surface area contributed by atoms with Crippen LogP contribution in [0, 0.1) is 0 Å². The zero-order chi connectivity index (χ0) is 19.8. The van der Waals surface area contributed by atoms with E-state index in [9.17, 15) is 4.79 Å². The van der Waals surface area contributed by atoms with E-state index < -0.39 is 0 Å². The fraction of sp³-hybridized carbons (Fsp3) is 0.100. The van der Waals surface area contributed by atoms with Crippen LogP contribution in [-0.2, 0) is 6.54 Å². The van der Waals surface area contributed by atoms with Gasteiger partial charge in [-0.25, -0.2) is 4.68 Å². The second-order valence-corrected chi connectivity index (χ2v) is 6.44. The van der Waals surface area contributed by atoms with Gasteiger partial charge in [0, 0.05) is 17.2 Å². The molecule has 0 fully saturated rings. The Morgan fingerprint density at radius 1 is 1.00 bits per heavy atom. The van der Waals surface area contributed by atoms with Gasteiger partial charge in [0.25, 0.3) is 5.56 Å². The van der Waals surface area contributed by atoms with E-state index in [4.69, 9.17) is 19.7 Å². The van der Waals surface area contributed by atoms with Crippen LogP contribution < -0.4 is 20.8 Å². The molecule has 0 spiro atoms. The number of anilines is 1. The van der Waals surface area contributed by atoms with Gasteiger partial charge >= 0.3 is 6.01 Å². The van der Waals surface area contributed by atoms with Gasteiger partial charge in [-0.1, -0.05) is 23.4 Å². The van der Waals surface area contributed by atoms with Crippen molar-refractivity contribution in [2.75, 3.05) is 12.5 Å². The highest BCUT2D eigenvalue weighted by Crippen LogP contribution is 2.35. The molecule has 0 unspecified atom stereocenters. The molecule has 5 rings (SSSR count). The monoisotopic (exact) mass is 389 g/mol. The van der Waals surface area contributed by atoms with Crippen molar-refractivity contribution in [3.63, 3.8) is 0 Å². The summed E-state index contributed by atoms with van der Waals surface area (Å²) in [4.78, 5) is 16.4. The number of benzene rings is 2. The first kappa shape index (κ1) is 17.0. The minimum absolute atomic E-state index is 0.000263. The third-order valence-electron chi connectivity index (χ3n) is 4.49. The summed E-state index contributed by atoms with van der Waals surface area (Å²) in [5.41, 5.74) is 8.38. The normalized spacial score (nSPS) is 12.3. The van der Waals surface area contributed by atoms with Gasteiger partial charge in [-0.3, -0.25) is 4.79 Å². The fourth-order valence-corrected chi connectivity index (χ4v) is 3.11. The molecule has 0 bridgehead atoms. The van der Waals surface area contributed by atoms with Crippen molar-refractivity contribution in [2.45, 2.75) is 6.54 Å². The zero-order valence-corrected chi connectivity index (χ0v) is 15.1. The second-order valence-electron chi connectivity index (χ2n) is 6.44. The predicted octanol–water partition coefficient (Wildman–Crippen LogP) is 2.32. The maximum atomic E-state index is 12.4. The number of nitrogen functional groups attached to an aromatic ring is 1. The molecular weight excluding hydrogens is 374 g/mol. The van der Waals surface area contributed by atoms with Gasteiger partial charge < -0.3 is 19.7 Å². The zero-order valence-electron chi connectivity index (χ0n) is 15.1. The van der Waals surface area contributed by atoms with E-state index in [0.29, 0.717) is 29.6 Å². The summed E-state index contributed by atoms with van der Waals surface area (Å²) in [6.45, 7) is 0.493. The van der Waals surface area contributed by atoms with Crippen molar-refractivity contribution < 1.29 is 14.0 Å². The standard InChI is InChI=1S/C20H15N5O4/c21-20-22-19(24-29-20)14-3-1-2-12(8-14)10-25-18(26)7-5-15(23-25)13-4-6-16-17(9-13)28-11-27-16/h1-9H,10-11H2,(H2,21,22,24). The van der Waals surface area contributed by atoms with Gasteiger partial charge in [0.1, 0.15) is 0 Å². The number of nitrogens with two attached hydrogens (primary N) is 1. The third-order valence-corrected chi connectivity index (χ3v) is 4.49. The Bertz CT molecular complexity index is 1260. The van der Waals surface area contributed by atoms with Gasteiger partial charge in [-0.2, -0.15) is 10.1 Å². The third kappa shape index (κ3) is 3.29. The summed E-state index contributed by atoms with van der Waals surface area (Å²) in [6.07, 6.45) is 0. The molecule has 0 saturated carbocycles. The Hall–Kier alpha value is -4.14. The first-order valence-electron chi connectivity index (χ1n) is 8.82. The van der Waals surface area contributed by atoms with Gasteiger partial charge in [-0.15, -0.1) is 0 Å². The van der Waals surface area contributed by atoms with Crippen LogP contribution >= 0.6 is 0 Å². The molecule has 0 amide bonds. The van der Waals surface area contributed by atoms with Crippen LogP contribution in [0.25, 0.3) is 22.6 Å². The number of rotatable bonds is 4. The molecule has 1 aliphatic heterocycles. The molecule has 9 heteroatoms. The van der Waals surface area contributed by atoms with Crippen LogP contribution in [0.2, 0.25) is 0 Å². The molecular formula is C20H15N5O4. The van der Waals surface area contributed by atoms with E-state index in [1.54, 1.807) is 6.07 Å². The summed E-state index contributed by atoms with van der Waals surface area (Å²) in [7, 11) is 0. The molecule has 0 aliphatic carbocycles. The number of fused-ring (bicyclic) bond motifs is 1. The molecule has 2 aromatic carbocycles. The van der Waals surface area contributed by atoms with Gasteiger partial charge in [0.05, 0.1) is 12.2 Å². The fourth-order valence-electron chi connectivity index (χ4n) is 3.11. The molecule has 2 aromatic heterocycles. The molecule has 1 aliphatic rings. The van der Waals surface area contributed by atoms with Crippen molar-refractivity contribution in [3.8, 4) is 34.1 Å². The molecule has 0 radical (unpaired) electrons. The predicted molar refractivity (Wildman–Crippen MR) is 103 cm³/mol. The number of aromatic nitrogens is 4. The summed E-state index contributed by atoms with van der Waals surface area (Å²) < 4.78 is 17.0. The maximum Gasteiger partial charge on any atom is 0.319 e. The Labute approximate surface area is 164 Å². The lowest BCUT2D eigenvalue weighted by Gasteiger charge is -2.08. The highest BCUT2D eigenvalue weighted by atomic mass is 16.7. The summed E-state index contributed by atoms with van der Waals surface area (Å²) in [5, 5.41) is 8.32. The second kappa shape index (κ2) is 6.79. The molecule has 144 valence electrons. The highest BCUT2D eigenvalue weighted by molar-refractivity contribution is 5.64. The lowest BCUT2D eigenvalue weighted by Crippen LogP contribution is -2.22. The van der Waals surface area contributed by atoms with Crippen molar-refractivity contribution in [1.29, 1.82) is 0 Å². The molecule has 3 heterocycles. The van der Waals surface area contributed by atoms with Gasteiger partial charge in [-0.05, 0) is 35.9 Å². The molecule has 29 heavy (non-hydrogen) atoms. The van der Waals surface area contributed by atoms with Gasteiger partial charge in [0.2, 0.25) is 12.6 Å². The minimum Gasteiger partial charge on any atom is -0.454 e. The van der Waals surface area contributed by atoms with E-state index in [-0.39, 0.29) is 18.4 Å². The van der Waals surface area contributed by atoms with E-state index in [0.717, 1.165) is 16.7 Å². The van der Waals surface area contributed by atoms with Crippen molar-refractivity contribution in [2.24, 2.45) is 0 Å². The van der Waals surface area contributed by atoms with Crippen LogP contribution in [0.1, 0.15) is 5.56 Å². The molecule has 2 N–H and O–H groups in total. The summed E-state index contributed by atoms with van der Waals surface area (Å²) in [5.74, 6) is 1.74. The average Bonchev–Trinajstić information content (AvgIpc) is 3.38. The van der Waals surface area contributed by atoms with Gasteiger partial charge in [0.15, 0.2) is 11.5 Å². The summed E-state index contributed by atoms with van der Waals surface area (Å²) in [6, 6.07) is 16.2. The first-order valence-corrected chi connectivity index (χ1v) is 8.82. The van der Waals surface area contributed by atoms with Crippen molar-refractivity contribution in [3.05, 3.63) is 70.5 Å². The van der Waals surface area contributed by atoms with Crippen LogP contribution in [0.4, 0.5) is 6.01 Å². The molecule has 4 aromatic rings. The SMILES string of the molecule is Nc1nc(-c2cccc(Cn3nc(-c4ccc5c(c4)OCO5)ccc3=O)c2)no1.